The number of alkyl carbamates (subject to hydrolysis) is 1. The number of carboxylic acid groups (broad SMARTS) is 1. The number of methoxy groups -OCH3 is 1. The number of ether oxygens (including phenoxy) is 2. The van der Waals surface area contributed by atoms with E-state index in [2.05, 4.69) is 5.32 Å². The van der Waals surface area contributed by atoms with Gasteiger partial charge >= 0.3 is 12.1 Å². The van der Waals surface area contributed by atoms with Crippen LogP contribution < -0.4 is 10.1 Å². The third-order valence-electron chi connectivity index (χ3n) is 3.79. The molecule has 0 atom stereocenters. The minimum atomic E-state index is -0.891. The van der Waals surface area contributed by atoms with Crippen LogP contribution in [0.4, 0.5) is 4.79 Å². The molecule has 0 aliphatic carbocycles. The zero-order valence-electron chi connectivity index (χ0n) is 15.2. The van der Waals surface area contributed by atoms with Gasteiger partial charge in [0.05, 0.1) is 13.5 Å². The fraction of sp³-hybridized carbons (Fsp3) is 0.238. The van der Waals surface area contributed by atoms with E-state index in [0.29, 0.717) is 24.3 Å². The lowest BCUT2D eigenvalue weighted by Crippen LogP contribution is -2.24. The van der Waals surface area contributed by atoms with Crippen LogP contribution in [-0.2, 0) is 22.6 Å². The molecule has 2 aromatic rings. The summed E-state index contributed by atoms with van der Waals surface area (Å²) in [7, 11) is 1.56. The summed E-state index contributed by atoms with van der Waals surface area (Å²) in [5.41, 5.74) is 2.41. The zero-order chi connectivity index (χ0) is 19.5. The van der Waals surface area contributed by atoms with Crippen LogP contribution in [-0.4, -0.2) is 30.8 Å². The van der Waals surface area contributed by atoms with Crippen molar-refractivity contribution >= 4 is 18.1 Å². The number of carbonyl (C=O) groups excluding carboxylic acids is 1. The third-order valence-corrected chi connectivity index (χ3v) is 3.79. The summed E-state index contributed by atoms with van der Waals surface area (Å²) in [6, 6.07) is 14.7. The van der Waals surface area contributed by atoms with Crippen molar-refractivity contribution in [3.8, 4) is 5.75 Å². The number of aliphatic carboxylic acids is 1. The highest BCUT2D eigenvalue weighted by Crippen LogP contribution is 2.20. The molecule has 0 saturated heterocycles. The van der Waals surface area contributed by atoms with Gasteiger partial charge in [0, 0.05) is 6.54 Å². The lowest BCUT2D eigenvalue weighted by molar-refractivity contribution is -0.136. The third kappa shape index (κ3) is 7.23. The van der Waals surface area contributed by atoms with Crippen molar-refractivity contribution in [2.75, 3.05) is 13.7 Å². The number of rotatable bonds is 9. The van der Waals surface area contributed by atoms with Crippen LogP contribution in [0.2, 0.25) is 0 Å². The quantitative estimate of drug-likeness (QED) is 0.659. The summed E-state index contributed by atoms with van der Waals surface area (Å²) in [6.07, 6.45) is 3.76. The summed E-state index contributed by atoms with van der Waals surface area (Å²) in [5.74, 6) is -0.232. The second kappa shape index (κ2) is 10.7. The highest BCUT2D eigenvalue weighted by Gasteiger charge is 2.06. The molecule has 0 heterocycles. The van der Waals surface area contributed by atoms with Crippen LogP contribution in [0.15, 0.2) is 54.6 Å². The first-order valence-corrected chi connectivity index (χ1v) is 8.58. The van der Waals surface area contributed by atoms with Gasteiger partial charge in [-0.3, -0.25) is 4.79 Å². The summed E-state index contributed by atoms with van der Waals surface area (Å²) in [5, 5.41) is 11.7. The Bertz CT molecular complexity index is 786. The topological polar surface area (TPSA) is 84.9 Å². The van der Waals surface area contributed by atoms with Crippen LogP contribution in [0.25, 0.3) is 6.08 Å². The second-order valence-electron chi connectivity index (χ2n) is 5.81. The molecule has 0 aliphatic heterocycles. The standard InChI is InChI=1S/C21H23NO5/c1-26-19-11-10-18(14-20(23)24)17(13-19)9-5-6-12-22-21(25)27-15-16-7-3-2-4-8-16/h2-5,7-11,13H,6,12,14-15H2,1H3,(H,22,25)(H,23,24). The molecule has 2 N–H and O–H groups in total. The Labute approximate surface area is 158 Å². The Morgan fingerprint density at radius 2 is 1.93 bits per heavy atom. The predicted molar refractivity (Wildman–Crippen MR) is 103 cm³/mol. The lowest BCUT2D eigenvalue weighted by Gasteiger charge is -2.07. The molecule has 0 fully saturated rings. The number of carbonyl (C=O) groups is 2. The predicted octanol–water partition coefficient (Wildman–Crippen LogP) is 3.65. The van der Waals surface area contributed by atoms with Gasteiger partial charge in [-0.1, -0.05) is 48.6 Å². The Kier molecular flexibility index (Phi) is 7.91. The van der Waals surface area contributed by atoms with Crippen molar-refractivity contribution in [3.63, 3.8) is 0 Å². The first kappa shape index (κ1) is 20.0. The Hall–Kier alpha value is -3.28. The summed E-state index contributed by atoms with van der Waals surface area (Å²) < 4.78 is 10.3. The van der Waals surface area contributed by atoms with Gasteiger partial charge in [-0.25, -0.2) is 4.79 Å². The van der Waals surface area contributed by atoms with Gasteiger partial charge in [-0.15, -0.1) is 0 Å². The molecule has 1 amide bonds. The van der Waals surface area contributed by atoms with Gasteiger partial charge in [-0.2, -0.15) is 0 Å². The molecule has 6 nitrogen and oxygen atoms in total. The molecule has 0 bridgehead atoms. The van der Waals surface area contributed by atoms with Gasteiger partial charge in [-0.05, 0) is 35.2 Å². The van der Waals surface area contributed by atoms with E-state index in [4.69, 9.17) is 14.6 Å². The number of benzene rings is 2. The van der Waals surface area contributed by atoms with Gasteiger partial charge in [0.1, 0.15) is 12.4 Å². The molecule has 0 spiro atoms. The number of amides is 1. The average molecular weight is 369 g/mol. The largest absolute Gasteiger partial charge is 0.497 e. The number of nitrogens with one attached hydrogen (secondary N) is 1. The summed E-state index contributed by atoms with van der Waals surface area (Å²) in [6.45, 7) is 0.646. The molecule has 0 aromatic heterocycles. The monoisotopic (exact) mass is 369 g/mol. The first-order valence-electron chi connectivity index (χ1n) is 8.58. The average Bonchev–Trinajstić information content (AvgIpc) is 2.67. The summed E-state index contributed by atoms with van der Waals surface area (Å²) >= 11 is 0. The highest BCUT2D eigenvalue weighted by molar-refractivity contribution is 5.73. The minimum absolute atomic E-state index is 0.0618. The maximum atomic E-state index is 11.7. The Balaban J connectivity index is 1.79. The lowest BCUT2D eigenvalue weighted by atomic mass is 10.0. The molecule has 0 unspecified atom stereocenters. The normalized spacial score (nSPS) is 10.6. The zero-order valence-corrected chi connectivity index (χ0v) is 15.2. The number of hydrogen-bond donors (Lipinski definition) is 2. The minimum Gasteiger partial charge on any atom is -0.497 e. The van der Waals surface area contributed by atoms with Crippen LogP contribution in [0.5, 0.6) is 5.75 Å². The SMILES string of the molecule is COc1ccc(CC(=O)O)c(C=CCCNC(=O)OCc2ccccc2)c1. The van der Waals surface area contributed by atoms with Crippen LogP contribution in [0, 0.1) is 0 Å². The fourth-order valence-electron chi connectivity index (χ4n) is 2.42. The van der Waals surface area contributed by atoms with Crippen molar-refractivity contribution in [2.45, 2.75) is 19.4 Å². The molecular weight excluding hydrogens is 346 g/mol. The molecule has 2 aromatic carbocycles. The summed E-state index contributed by atoms with van der Waals surface area (Å²) in [4.78, 5) is 22.6. The van der Waals surface area contributed by atoms with E-state index >= 15 is 0 Å². The van der Waals surface area contributed by atoms with Crippen molar-refractivity contribution in [2.24, 2.45) is 0 Å². The molecule has 0 radical (unpaired) electrons. The van der Waals surface area contributed by atoms with Crippen LogP contribution in [0.3, 0.4) is 0 Å². The Morgan fingerprint density at radius 3 is 2.63 bits per heavy atom. The number of carboxylic acids is 1. The second-order valence-corrected chi connectivity index (χ2v) is 5.81. The van der Waals surface area contributed by atoms with E-state index < -0.39 is 12.1 Å². The molecule has 142 valence electrons. The molecular formula is C21H23NO5. The van der Waals surface area contributed by atoms with E-state index in [1.165, 1.54) is 0 Å². The number of hydrogen-bond acceptors (Lipinski definition) is 4. The van der Waals surface area contributed by atoms with E-state index in [1.54, 1.807) is 25.3 Å². The van der Waals surface area contributed by atoms with E-state index in [1.807, 2.05) is 42.5 Å². The molecule has 6 heteroatoms. The van der Waals surface area contributed by atoms with Crippen LogP contribution >= 0.6 is 0 Å². The Morgan fingerprint density at radius 1 is 1.15 bits per heavy atom. The molecule has 27 heavy (non-hydrogen) atoms. The van der Waals surface area contributed by atoms with Gasteiger partial charge < -0.3 is 19.9 Å². The maximum Gasteiger partial charge on any atom is 0.407 e. The van der Waals surface area contributed by atoms with E-state index in [-0.39, 0.29) is 13.0 Å². The van der Waals surface area contributed by atoms with Crippen molar-refractivity contribution in [3.05, 3.63) is 71.3 Å². The van der Waals surface area contributed by atoms with Crippen LogP contribution in [0.1, 0.15) is 23.1 Å². The van der Waals surface area contributed by atoms with E-state index in [0.717, 1.165) is 11.1 Å². The molecule has 2 rings (SSSR count). The van der Waals surface area contributed by atoms with Crippen molar-refractivity contribution < 1.29 is 24.2 Å². The van der Waals surface area contributed by atoms with Gasteiger partial charge in [0.2, 0.25) is 0 Å². The maximum absolute atomic E-state index is 11.7. The molecule has 0 aliphatic rings. The first-order chi connectivity index (χ1) is 13.1. The van der Waals surface area contributed by atoms with Gasteiger partial charge in [0.25, 0.3) is 0 Å². The fourth-order valence-corrected chi connectivity index (χ4v) is 2.42. The van der Waals surface area contributed by atoms with Crippen molar-refractivity contribution in [1.82, 2.24) is 5.32 Å². The smallest absolute Gasteiger partial charge is 0.407 e. The van der Waals surface area contributed by atoms with E-state index in [9.17, 15) is 9.59 Å². The van der Waals surface area contributed by atoms with Crippen molar-refractivity contribution in [1.29, 1.82) is 0 Å². The van der Waals surface area contributed by atoms with Gasteiger partial charge in [0.15, 0.2) is 0 Å². The highest BCUT2D eigenvalue weighted by atomic mass is 16.5. The molecule has 0 saturated carbocycles.